The number of nitrogens with one attached hydrogen (secondary N) is 1. The minimum atomic E-state index is -3.41. The average molecular weight is 387 g/mol. The quantitative estimate of drug-likeness (QED) is 0.679. The molecule has 0 aliphatic heterocycles. The Kier molecular flexibility index (Phi) is 5.26. The van der Waals surface area contributed by atoms with E-state index in [4.69, 9.17) is 5.73 Å². The first kappa shape index (κ1) is 19.4. The van der Waals surface area contributed by atoms with Crippen molar-refractivity contribution >= 4 is 21.4 Å². The minimum Gasteiger partial charge on any atom is -0.320 e. The number of imidazole rings is 1. The minimum absolute atomic E-state index is 0.0733. The standard InChI is InChI=1S/C20H26N4O2S/c1-5-12-27(25,26)23-17-10-6-8-13(2)18(17)19(21)16-9-7-11-24-15(4)14(3)22-20(16)24/h6-11,19,23H,5,12,21H2,1-4H3. The lowest BCUT2D eigenvalue weighted by Crippen LogP contribution is -2.21. The highest BCUT2D eigenvalue weighted by Crippen LogP contribution is 2.32. The molecule has 0 spiro atoms. The molecule has 0 fully saturated rings. The van der Waals surface area contributed by atoms with Crippen molar-refractivity contribution in [2.75, 3.05) is 10.5 Å². The number of anilines is 1. The molecule has 27 heavy (non-hydrogen) atoms. The molecule has 3 N–H and O–H groups in total. The van der Waals surface area contributed by atoms with E-state index in [2.05, 4.69) is 9.71 Å². The molecule has 0 bridgehead atoms. The van der Waals surface area contributed by atoms with E-state index in [-0.39, 0.29) is 5.75 Å². The second-order valence-electron chi connectivity index (χ2n) is 6.87. The SMILES string of the molecule is CCCS(=O)(=O)Nc1cccc(C)c1C(N)c1cccn2c(C)c(C)nc12. The number of hydrogen-bond donors (Lipinski definition) is 2. The molecule has 1 atom stereocenters. The number of rotatable bonds is 6. The summed E-state index contributed by atoms with van der Waals surface area (Å²) in [6, 6.07) is 8.92. The van der Waals surface area contributed by atoms with Gasteiger partial charge in [-0.1, -0.05) is 25.1 Å². The normalized spacial score (nSPS) is 13.1. The lowest BCUT2D eigenvalue weighted by atomic mass is 9.95. The molecule has 1 unspecified atom stereocenters. The first-order valence-electron chi connectivity index (χ1n) is 9.05. The molecular formula is C20H26N4O2S. The Balaban J connectivity index is 2.13. The van der Waals surface area contributed by atoms with E-state index in [1.165, 1.54) is 0 Å². The predicted molar refractivity (Wildman–Crippen MR) is 110 cm³/mol. The van der Waals surface area contributed by atoms with E-state index < -0.39 is 16.1 Å². The summed E-state index contributed by atoms with van der Waals surface area (Å²) in [5, 5.41) is 0. The molecule has 0 aliphatic rings. The number of sulfonamides is 1. The summed E-state index contributed by atoms with van der Waals surface area (Å²) in [5.74, 6) is 0.0733. The van der Waals surface area contributed by atoms with Crippen LogP contribution in [0.5, 0.6) is 0 Å². The van der Waals surface area contributed by atoms with Crippen molar-refractivity contribution in [3.8, 4) is 0 Å². The Bertz CT molecular complexity index is 1090. The summed E-state index contributed by atoms with van der Waals surface area (Å²) in [4.78, 5) is 4.67. The molecule has 0 radical (unpaired) electrons. The van der Waals surface area contributed by atoms with Gasteiger partial charge in [0.15, 0.2) is 0 Å². The van der Waals surface area contributed by atoms with Crippen molar-refractivity contribution in [1.29, 1.82) is 0 Å². The summed E-state index contributed by atoms with van der Waals surface area (Å²) in [6.07, 6.45) is 2.51. The van der Waals surface area contributed by atoms with Crippen LogP contribution in [0.3, 0.4) is 0 Å². The van der Waals surface area contributed by atoms with Gasteiger partial charge in [-0.15, -0.1) is 0 Å². The molecule has 144 valence electrons. The van der Waals surface area contributed by atoms with E-state index in [1.807, 2.05) is 62.6 Å². The van der Waals surface area contributed by atoms with Crippen molar-refractivity contribution < 1.29 is 8.42 Å². The van der Waals surface area contributed by atoms with Gasteiger partial charge in [0.1, 0.15) is 5.65 Å². The molecule has 0 saturated heterocycles. The lowest BCUT2D eigenvalue weighted by Gasteiger charge is -2.21. The van der Waals surface area contributed by atoms with Crippen LogP contribution >= 0.6 is 0 Å². The Labute approximate surface area is 160 Å². The Morgan fingerprint density at radius 2 is 1.93 bits per heavy atom. The number of fused-ring (bicyclic) bond motifs is 1. The number of benzene rings is 1. The van der Waals surface area contributed by atoms with Crippen LogP contribution in [0, 0.1) is 20.8 Å². The van der Waals surface area contributed by atoms with Crippen molar-refractivity contribution in [2.45, 2.75) is 40.2 Å². The summed E-state index contributed by atoms with van der Waals surface area (Å²) < 4.78 is 29.4. The second-order valence-corrected chi connectivity index (χ2v) is 8.72. The van der Waals surface area contributed by atoms with Crippen molar-refractivity contribution in [1.82, 2.24) is 9.38 Å². The Morgan fingerprint density at radius 3 is 2.63 bits per heavy atom. The third-order valence-corrected chi connectivity index (χ3v) is 6.34. The predicted octanol–water partition coefficient (Wildman–Crippen LogP) is 3.46. The first-order valence-corrected chi connectivity index (χ1v) is 10.7. The maximum absolute atomic E-state index is 12.3. The van der Waals surface area contributed by atoms with Crippen LogP contribution in [0.15, 0.2) is 36.5 Å². The molecule has 2 heterocycles. The van der Waals surface area contributed by atoms with Gasteiger partial charge in [0.05, 0.1) is 23.2 Å². The number of aromatic nitrogens is 2. The first-order chi connectivity index (χ1) is 12.7. The fraction of sp³-hybridized carbons (Fsp3) is 0.350. The monoisotopic (exact) mass is 386 g/mol. The van der Waals surface area contributed by atoms with Gasteiger partial charge in [-0.2, -0.15) is 0 Å². The molecule has 3 aromatic rings. The lowest BCUT2D eigenvalue weighted by molar-refractivity contribution is 0.600. The average Bonchev–Trinajstić information content (AvgIpc) is 2.89. The number of hydrogen-bond acceptors (Lipinski definition) is 4. The topological polar surface area (TPSA) is 89.5 Å². The van der Waals surface area contributed by atoms with E-state index in [1.54, 1.807) is 6.07 Å². The third-order valence-electron chi connectivity index (χ3n) is 4.86. The van der Waals surface area contributed by atoms with Gasteiger partial charge in [0, 0.05) is 23.0 Å². The van der Waals surface area contributed by atoms with Gasteiger partial charge in [0.2, 0.25) is 10.0 Å². The van der Waals surface area contributed by atoms with Crippen LogP contribution in [0.1, 0.15) is 47.5 Å². The van der Waals surface area contributed by atoms with Crippen LogP contribution in [-0.4, -0.2) is 23.6 Å². The molecule has 1 aromatic carbocycles. The van der Waals surface area contributed by atoms with Crippen LogP contribution in [-0.2, 0) is 10.0 Å². The molecule has 7 heteroatoms. The molecular weight excluding hydrogens is 360 g/mol. The zero-order valence-electron chi connectivity index (χ0n) is 16.2. The van der Waals surface area contributed by atoms with Crippen molar-refractivity contribution in [3.05, 3.63) is 64.6 Å². The second kappa shape index (κ2) is 7.32. The number of nitrogens with zero attached hydrogens (tertiary/aromatic N) is 2. The summed E-state index contributed by atoms with van der Waals surface area (Å²) in [6.45, 7) is 7.76. The van der Waals surface area contributed by atoms with E-state index in [0.717, 1.165) is 33.7 Å². The summed E-state index contributed by atoms with van der Waals surface area (Å²) in [7, 11) is -3.41. The van der Waals surface area contributed by atoms with Gasteiger partial charge >= 0.3 is 0 Å². The fourth-order valence-electron chi connectivity index (χ4n) is 3.39. The van der Waals surface area contributed by atoms with Gasteiger partial charge in [-0.05, 0) is 44.9 Å². The van der Waals surface area contributed by atoms with Gasteiger partial charge < -0.3 is 10.1 Å². The van der Waals surface area contributed by atoms with Gasteiger partial charge in [0.25, 0.3) is 0 Å². The van der Waals surface area contributed by atoms with Crippen molar-refractivity contribution in [2.24, 2.45) is 5.73 Å². The van der Waals surface area contributed by atoms with E-state index in [9.17, 15) is 8.42 Å². The molecule has 6 nitrogen and oxygen atoms in total. The highest BCUT2D eigenvalue weighted by Gasteiger charge is 2.22. The molecule has 2 aromatic heterocycles. The maximum atomic E-state index is 12.3. The molecule has 0 amide bonds. The third kappa shape index (κ3) is 3.70. The Morgan fingerprint density at radius 1 is 1.19 bits per heavy atom. The van der Waals surface area contributed by atoms with Crippen LogP contribution < -0.4 is 10.5 Å². The maximum Gasteiger partial charge on any atom is 0.232 e. The highest BCUT2D eigenvalue weighted by atomic mass is 32.2. The zero-order chi connectivity index (χ0) is 19.8. The zero-order valence-corrected chi connectivity index (χ0v) is 17.0. The van der Waals surface area contributed by atoms with Gasteiger partial charge in [-0.25, -0.2) is 13.4 Å². The number of pyridine rings is 1. The van der Waals surface area contributed by atoms with E-state index in [0.29, 0.717) is 12.1 Å². The fourth-order valence-corrected chi connectivity index (χ4v) is 4.54. The van der Waals surface area contributed by atoms with Crippen LogP contribution in [0.4, 0.5) is 5.69 Å². The summed E-state index contributed by atoms with van der Waals surface area (Å²) >= 11 is 0. The smallest absolute Gasteiger partial charge is 0.232 e. The van der Waals surface area contributed by atoms with Crippen LogP contribution in [0.25, 0.3) is 5.65 Å². The largest absolute Gasteiger partial charge is 0.320 e. The van der Waals surface area contributed by atoms with E-state index >= 15 is 0 Å². The number of aryl methyl sites for hydroxylation is 3. The highest BCUT2D eigenvalue weighted by molar-refractivity contribution is 7.92. The summed E-state index contributed by atoms with van der Waals surface area (Å²) in [5.41, 5.74) is 12.5. The molecule has 0 saturated carbocycles. The van der Waals surface area contributed by atoms with Crippen LogP contribution in [0.2, 0.25) is 0 Å². The Hall–Kier alpha value is -2.38. The number of nitrogens with two attached hydrogens (primary N) is 1. The van der Waals surface area contributed by atoms with Crippen molar-refractivity contribution in [3.63, 3.8) is 0 Å². The van der Waals surface area contributed by atoms with Gasteiger partial charge in [-0.3, -0.25) is 4.72 Å². The molecule has 0 aliphatic carbocycles. The molecule has 3 rings (SSSR count).